The minimum Gasteiger partial charge on any atom is -0.493 e. The third-order valence-corrected chi connectivity index (χ3v) is 3.00. The molecule has 2 rings (SSSR count). The molecule has 3 N–H and O–H groups in total. The van der Waals surface area contributed by atoms with Gasteiger partial charge in [-0.1, -0.05) is 17.7 Å². The van der Waals surface area contributed by atoms with Crippen LogP contribution < -0.4 is 15.8 Å². The molecule has 0 saturated heterocycles. The first kappa shape index (κ1) is 15.1. The van der Waals surface area contributed by atoms with Crippen LogP contribution in [0.1, 0.15) is 6.42 Å². The Morgan fingerprint density at radius 1 is 1.24 bits per heavy atom. The second kappa shape index (κ2) is 6.95. The Balaban J connectivity index is 1.82. The fourth-order valence-electron chi connectivity index (χ4n) is 1.64. The van der Waals surface area contributed by atoms with Crippen molar-refractivity contribution in [2.75, 3.05) is 17.7 Å². The van der Waals surface area contributed by atoms with Crippen molar-refractivity contribution < 1.29 is 13.9 Å². The summed E-state index contributed by atoms with van der Waals surface area (Å²) in [6, 6.07) is 11.3. The summed E-state index contributed by atoms with van der Waals surface area (Å²) in [4.78, 5) is 11.7. The van der Waals surface area contributed by atoms with Gasteiger partial charge >= 0.3 is 0 Å². The Morgan fingerprint density at radius 3 is 2.67 bits per heavy atom. The van der Waals surface area contributed by atoms with Crippen LogP contribution in [0.2, 0.25) is 5.02 Å². The number of hydrogen-bond donors (Lipinski definition) is 2. The van der Waals surface area contributed by atoms with E-state index < -0.39 is 5.82 Å². The molecule has 0 aliphatic rings. The predicted molar refractivity (Wildman–Crippen MR) is 81.0 cm³/mol. The Kier molecular flexibility index (Phi) is 5.00. The molecule has 0 saturated carbocycles. The summed E-state index contributed by atoms with van der Waals surface area (Å²) in [5.74, 6) is -0.385. The van der Waals surface area contributed by atoms with Crippen molar-refractivity contribution in [2.45, 2.75) is 6.42 Å². The molecule has 2 aromatic rings. The molecule has 2 aromatic carbocycles. The molecule has 0 aliphatic heterocycles. The smallest absolute Gasteiger partial charge is 0.227 e. The number of carbonyl (C=O) groups is 1. The number of nitrogens with two attached hydrogens (primary N) is 1. The summed E-state index contributed by atoms with van der Waals surface area (Å²) >= 11 is 5.63. The summed E-state index contributed by atoms with van der Waals surface area (Å²) in [6.07, 6.45) is 0.0936. The van der Waals surface area contributed by atoms with Gasteiger partial charge in [0.2, 0.25) is 5.91 Å². The molecule has 0 bridgehead atoms. The van der Waals surface area contributed by atoms with Crippen LogP contribution in [0.4, 0.5) is 15.8 Å². The predicted octanol–water partition coefficient (Wildman–Crippen LogP) is 3.47. The lowest BCUT2D eigenvalue weighted by atomic mass is 10.3. The van der Waals surface area contributed by atoms with E-state index in [9.17, 15) is 9.18 Å². The minimum atomic E-state index is -0.646. The zero-order valence-corrected chi connectivity index (χ0v) is 11.9. The summed E-state index contributed by atoms with van der Waals surface area (Å²) in [6.45, 7) is 0.179. The molecule has 0 aromatic heterocycles. The third kappa shape index (κ3) is 4.36. The molecular formula is C15H14ClFN2O2. The lowest BCUT2D eigenvalue weighted by Crippen LogP contribution is -2.16. The van der Waals surface area contributed by atoms with Crippen molar-refractivity contribution in [3.63, 3.8) is 0 Å². The molecule has 0 spiro atoms. The van der Waals surface area contributed by atoms with Crippen molar-refractivity contribution in [3.8, 4) is 5.75 Å². The van der Waals surface area contributed by atoms with Crippen LogP contribution in [-0.4, -0.2) is 12.5 Å². The van der Waals surface area contributed by atoms with Crippen molar-refractivity contribution in [1.82, 2.24) is 0 Å². The van der Waals surface area contributed by atoms with Crippen molar-refractivity contribution in [2.24, 2.45) is 0 Å². The maximum absolute atomic E-state index is 13.6. The topological polar surface area (TPSA) is 64.3 Å². The van der Waals surface area contributed by atoms with Gasteiger partial charge in [0.15, 0.2) is 5.82 Å². The largest absolute Gasteiger partial charge is 0.493 e. The average Bonchev–Trinajstić information content (AvgIpc) is 2.46. The van der Waals surface area contributed by atoms with E-state index in [0.717, 1.165) is 0 Å². The zero-order chi connectivity index (χ0) is 15.2. The number of amides is 1. The van der Waals surface area contributed by atoms with E-state index >= 15 is 0 Å². The second-order valence-electron chi connectivity index (χ2n) is 4.32. The van der Waals surface area contributed by atoms with E-state index in [-0.39, 0.29) is 29.6 Å². The van der Waals surface area contributed by atoms with E-state index in [1.54, 1.807) is 30.3 Å². The number of nitrogen functional groups attached to an aromatic ring is 1. The molecule has 0 radical (unpaired) electrons. The quantitative estimate of drug-likeness (QED) is 0.831. The van der Waals surface area contributed by atoms with E-state index in [1.165, 1.54) is 12.1 Å². The van der Waals surface area contributed by atoms with Crippen LogP contribution >= 0.6 is 11.6 Å². The summed E-state index contributed by atoms with van der Waals surface area (Å²) < 4.78 is 19.0. The standard InChI is InChI=1S/C15H14ClFN2O2/c16-12-2-1-3-13(15(12)17)19-14(20)8-9-21-11-6-4-10(18)5-7-11/h1-7H,8-9,18H2,(H,19,20). The highest BCUT2D eigenvalue weighted by molar-refractivity contribution is 6.31. The number of ether oxygens (including phenoxy) is 1. The summed E-state index contributed by atoms with van der Waals surface area (Å²) in [5.41, 5.74) is 6.24. The Labute approximate surface area is 126 Å². The minimum absolute atomic E-state index is 0.0362. The Morgan fingerprint density at radius 2 is 1.95 bits per heavy atom. The van der Waals surface area contributed by atoms with Gasteiger partial charge in [0, 0.05) is 5.69 Å². The zero-order valence-electron chi connectivity index (χ0n) is 11.1. The number of nitrogens with one attached hydrogen (secondary N) is 1. The van der Waals surface area contributed by atoms with E-state index in [1.807, 2.05) is 0 Å². The van der Waals surface area contributed by atoms with Crippen molar-refractivity contribution in [1.29, 1.82) is 0 Å². The van der Waals surface area contributed by atoms with E-state index in [0.29, 0.717) is 11.4 Å². The summed E-state index contributed by atoms with van der Waals surface area (Å²) in [7, 11) is 0. The van der Waals surface area contributed by atoms with Gasteiger partial charge in [-0.25, -0.2) is 4.39 Å². The number of hydrogen-bond acceptors (Lipinski definition) is 3. The molecule has 110 valence electrons. The van der Waals surface area contributed by atoms with Gasteiger partial charge in [-0.2, -0.15) is 0 Å². The van der Waals surface area contributed by atoms with Crippen LogP contribution in [-0.2, 0) is 4.79 Å². The number of carbonyl (C=O) groups excluding carboxylic acids is 1. The Bertz CT molecular complexity index is 632. The van der Waals surface area contributed by atoms with Crippen molar-refractivity contribution in [3.05, 3.63) is 53.3 Å². The third-order valence-electron chi connectivity index (χ3n) is 2.70. The molecule has 0 unspecified atom stereocenters. The molecule has 0 aliphatic carbocycles. The maximum atomic E-state index is 13.6. The molecule has 1 amide bonds. The number of anilines is 2. The average molecular weight is 309 g/mol. The highest BCUT2D eigenvalue weighted by Crippen LogP contribution is 2.22. The normalized spacial score (nSPS) is 10.2. The van der Waals surface area contributed by atoms with Crippen LogP contribution in [0.5, 0.6) is 5.75 Å². The van der Waals surface area contributed by atoms with Gasteiger partial charge in [-0.15, -0.1) is 0 Å². The summed E-state index contributed by atoms with van der Waals surface area (Å²) in [5, 5.41) is 2.41. The van der Waals surface area contributed by atoms with E-state index in [4.69, 9.17) is 22.1 Å². The van der Waals surface area contributed by atoms with Crippen LogP contribution in [0, 0.1) is 5.82 Å². The number of rotatable bonds is 5. The first-order valence-electron chi connectivity index (χ1n) is 6.28. The van der Waals surface area contributed by atoms with Crippen molar-refractivity contribution >= 4 is 28.9 Å². The lowest BCUT2D eigenvalue weighted by molar-refractivity contribution is -0.116. The first-order valence-corrected chi connectivity index (χ1v) is 6.66. The monoisotopic (exact) mass is 308 g/mol. The highest BCUT2D eigenvalue weighted by atomic mass is 35.5. The van der Waals surface area contributed by atoms with Crippen LogP contribution in [0.25, 0.3) is 0 Å². The first-order chi connectivity index (χ1) is 10.1. The van der Waals surface area contributed by atoms with Gasteiger partial charge in [0.05, 0.1) is 23.7 Å². The number of benzene rings is 2. The number of halogens is 2. The molecule has 0 heterocycles. The fourth-order valence-corrected chi connectivity index (χ4v) is 1.81. The van der Waals surface area contributed by atoms with Gasteiger partial charge in [-0.05, 0) is 36.4 Å². The highest BCUT2D eigenvalue weighted by Gasteiger charge is 2.09. The molecular weight excluding hydrogens is 295 g/mol. The maximum Gasteiger partial charge on any atom is 0.227 e. The van der Waals surface area contributed by atoms with Gasteiger partial charge in [0.1, 0.15) is 5.75 Å². The van der Waals surface area contributed by atoms with Gasteiger partial charge in [0.25, 0.3) is 0 Å². The van der Waals surface area contributed by atoms with Crippen LogP contribution in [0.15, 0.2) is 42.5 Å². The van der Waals surface area contributed by atoms with Gasteiger partial charge < -0.3 is 15.8 Å². The molecule has 4 nitrogen and oxygen atoms in total. The molecule has 6 heteroatoms. The lowest BCUT2D eigenvalue weighted by Gasteiger charge is -2.08. The molecule has 0 fully saturated rings. The van der Waals surface area contributed by atoms with E-state index in [2.05, 4.69) is 5.32 Å². The molecule has 21 heavy (non-hydrogen) atoms. The SMILES string of the molecule is Nc1ccc(OCCC(=O)Nc2cccc(Cl)c2F)cc1. The molecule has 0 atom stereocenters. The second-order valence-corrected chi connectivity index (χ2v) is 4.72. The van der Waals surface area contributed by atoms with Gasteiger partial charge in [-0.3, -0.25) is 4.79 Å². The Hall–Kier alpha value is -2.27. The fraction of sp³-hybridized carbons (Fsp3) is 0.133. The van der Waals surface area contributed by atoms with Crippen LogP contribution in [0.3, 0.4) is 0 Å².